The molecule has 0 saturated heterocycles. The fourth-order valence-corrected chi connectivity index (χ4v) is 6.26. The number of hydrogen-bond acceptors (Lipinski definition) is 10. The summed E-state index contributed by atoms with van der Waals surface area (Å²) in [5, 5.41) is 22.0. The molecule has 0 saturated carbocycles. The van der Waals surface area contributed by atoms with Crippen LogP contribution in [0.3, 0.4) is 0 Å². The van der Waals surface area contributed by atoms with Crippen LogP contribution in [0.15, 0.2) is 75.8 Å². The summed E-state index contributed by atoms with van der Waals surface area (Å²) >= 11 is 2.53. The van der Waals surface area contributed by atoms with E-state index in [1.54, 1.807) is 23.4 Å². The SMILES string of the molecule is Cc1cccc(NC(=O)CSc2nnc(N3C(N)=C(C#N)C(c4cccnc4)C4=C3CCCC4=O)s2)c1. The fourth-order valence-electron chi connectivity index (χ4n) is 4.58. The van der Waals surface area contributed by atoms with Crippen molar-refractivity contribution in [2.24, 2.45) is 5.73 Å². The average Bonchev–Trinajstić information content (AvgIpc) is 3.36. The second-order valence-corrected chi connectivity index (χ2v) is 10.8. The van der Waals surface area contributed by atoms with Crippen molar-refractivity contribution in [3.8, 4) is 6.07 Å². The Balaban J connectivity index is 1.41. The van der Waals surface area contributed by atoms with Crippen LogP contribution in [-0.4, -0.2) is 32.6 Å². The van der Waals surface area contributed by atoms with Crippen molar-refractivity contribution < 1.29 is 9.59 Å². The average molecular weight is 530 g/mol. The molecule has 37 heavy (non-hydrogen) atoms. The first-order chi connectivity index (χ1) is 18.0. The highest BCUT2D eigenvalue weighted by Gasteiger charge is 2.41. The van der Waals surface area contributed by atoms with Gasteiger partial charge in [-0.1, -0.05) is 41.3 Å². The Labute approximate surface area is 222 Å². The zero-order valence-electron chi connectivity index (χ0n) is 20.0. The number of aryl methyl sites for hydroxylation is 1. The van der Waals surface area contributed by atoms with Crippen molar-refractivity contribution in [3.63, 3.8) is 0 Å². The predicted octanol–water partition coefficient (Wildman–Crippen LogP) is 4.28. The van der Waals surface area contributed by atoms with Crippen molar-refractivity contribution in [2.45, 2.75) is 36.4 Å². The molecule has 3 aromatic rings. The molecule has 186 valence electrons. The minimum Gasteiger partial charge on any atom is -0.384 e. The van der Waals surface area contributed by atoms with E-state index in [1.807, 2.05) is 37.3 Å². The molecule has 1 amide bonds. The number of Topliss-reactive ketones (excluding diaryl/α,β-unsaturated/α-hetero) is 1. The van der Waals surface area contributed by atoms with Crippen LogP contribution in [-0.2, 0) is 9.59 Å². The van der Waals surface area contributed by atoms with Crippen LogP contribution in [0.25, 0.3) is 0 Å². The van der Waals surface area contributed by atoms with E-state index < -0.39 is 5.92 Å². The minimum atomic E-state index is -0.565. The summed E-state index contributed by atoms with van der Waals surface area (Å²) in [5.41, 5.74) is 10.7. The Morgan fingerprint density at radius 1 is 1.30 bits per heavy atom. The molecule has 2 aliphatic rings. The van der Waals surface area contributed by atoms with Gasteiger partial charge in [-0.2, -0.15) is 5.26 Å². The Bertz CT molecular complexity index is 1470. The van der Waals surface area contributed by atoms with E-state index in [4.69, 9.17) is 5.73 Å². The van der Waals surface area contributed by atoms with Crippen LogP contribution in [0.2, 0.25) is 0 Å². The van der Waals surface area contributed by atoms with Crippen LogP contribution in [0.1, 0.15) is 36.3 Å². The molecule has 3 heterocycles. The normalized spacial score (nSPS) is 17.5. The van der Waals surface area contributed by atoms with Gasteiger partial charge in [0.25, 0.3) is 0 Å². The maximum absolute atomic E-state index is 13.2. The molecule has 9 nitrogen and oxygen atoms in total. The monoisotopic (exact) mass is 529 g/mol. The first kappa shape index (κ1) is 24.7. The number of carbonyl (C=O) groups excluding carboxylic acids is 2. The lowest BCUT2D eigenvalue weighted by atomic mass is 9.76. The van der Waals surface area contributed by atoms with E-state index in [0.29, 0.717) is 34.3 Å². The summed E-state index contributed by atoms with van der Waals surface area (Å²) in [6.07, 6.45) is 5.03. The minimum absolute atomic E-state index is 0.00714. The number of nitrogens with two attached hydrogens (primary N) is 1. The molecule has 1 aromatic carbocycles. The molecule has 1 aliphatic heterocycles. The molecule has 0 bridgehead atoms. The highest BCUT2D eigenvalue weighted by molar-refractivity contribution is 8.01. The van der Waals surface area contributed by atoms with E-state index >= 15 is 0 Å². The van der Waals surface area contributed by atoms with Gasteiger partial charge in [0.2, 0.25) is 11.0 Å². The zero-order valence-corrected chi connectivity index (χ0v) is 21.6. The molecule has 5 rings (SSSR count). The van der Waals surface area contributed by atoms with Crippen LogP contribution in [0.4, 0.5) is 10.8 Å². The largest absolute Gasteiger partial charge is 0.384 e. The lowest BCUT2D eigenvalue weighted by molar-refractivity contribution is -0.116. The number of amides is 1. The summed E-state index contributed by atoms with van der Waals surface area (Å²) in [7, 11) is 0. The number of benzene rings is 1. The van der Waals surface area contributed by atoms with Crippen LogP contribution >= 0.6 is 23.1 Å². The topological polar surface area (TPSA) is 138 Å². The third kappa shape index (κ3) is 4.98. The number of carbonyl (C=O) groups is 2. The van der Waals surface area contributed by atoms with Gasteiger partial charge in [-0.05, 0) is 49.1 Å². The van der Waals surface area contributed by atoms with E-state index in [1.165, 1.54) is 23.1 Å². The van der Waals surface area contributed by atoms with Crippen molar-refractivity contribution in [1.29, 1.82) is 5.26 Å². The molecule has 0 spiro atoms. The summed E-state index contributed by atoms with van der Waals surface area (Å²) < 4.78 is 0.583. The number of pyridine rings is 1. The molecular formula is C26H23N7O2S2. The van der Waals surface area contributed by atoms with Gasteiger partial charge < -0.3 is 11.1 Å². The summed E-state index contributed by atoms with van der Waals surface area (Å²) in [6, 6.07) is 13.5. The number of anilines is 2. The lowest BCUT2D eigenvalue weighted by Crippen LogP contribution is -2.38. The number of aromatic nitrogens is 3. The Kier molecular flexibility index (Phi) is 7.03. The third-order valence-corrected chi connectivity index (χ3v) is 8.19. The fraction of sp³-hybridized carbons (Fsp3) is 0.231. The molecule has 0 fully saturated rings. The number of hydrogen-bond donors (Lipinski definition) is 2. The highest BCUT2D eigenvalue weighted by atomic mass is 32.2. The summed E-state index contributed by atoms with van der Waals surface area (Å²) in [6.45, 7) is 1.96. The van der Waals surface area contributed by atoms with Crippen LogP contribution < -0.4 is 16.0 Å². The van der Waals surface area contributed by atoms with E-state index in [0.717, 1.165) is 22.5 Å². The van der Waals surface area contributed by atoms with E-state index in [-0.39, 0.29) is 28.8 Å². The van der Waals surface area contributed by atoms with Crippen molar-refractivity contribution in [2.75, 3.05) is 16.0 Å². The molecule has 1 aliphatic carbocycles. The summed E-state index contributed by atoms with van der Waals surface area (Å²) in [5.74, 6) is -0.335. The Morgan fingerprint density at radius 2 is 2.16 bits per heavy atom. The lowest BCUT2D eigenvalue weighted by Gasteiger charge is -2.37. The number of nitrogens with one attached hydrogen (secondary N) is 1. The van der Waals surface area contributed by atoms with Gasteiger partial charge in [0.05, 0.1) is 23.3 Å². The molecule has 1 atom stereocenters. The Morgan fingerprint density at radius 3 is 2.92 bits per heavy atom. The molecule has 0 radical (unpaired) electrons. The van der Waals surface area contributed by atoms with Gasteiger partial charge in [0.1, 0.15) is 5.82 Å². The molecule has 2 aromatic heterocycles. The van der Waals surface area contributed by atoms with Crippen molar-refractivity contribution in [3.05, 3.63) is 82.6 Å². The van der Waals surface area contributed by atoms with Gasteiger partial charge in [-0.3, -0.25) is 19.5 Å². The van der Waals surface area contributed by atoms with Gasteiger partial charge >= 0.3 is 0 Å². The molecular weight excluding hydrogens is 506 g/mol. The van der Waals surface area contributed by atoms with Gasteiger partial charge in [0.15, 0.2) is 10.1 Å². The number of nitrogens with zero attached hydrogens (tertiary/aromatic N) is 5. The highest BCUT2D eigenvalue weighted by Crippen LogP contribution is 2.46. The zero-order chi connectivity index (χ0) is 25.9. The predicted molar refractivity (Wildman–Crippen MR) is 143 cm³/mol. The number of allylic oxidation sites excluding steroid dienone is 3. The first-order valence-corrected chi connectivity index (χ1v) is 13.5. The second-order valence-electron chi connectivity index (χ2n) is 8.66. The number of rotatable bonds is 6. The summed E-state index contributed by atoms with van der Waals surface area (Å²) in [4.78, 5) is 31.5. The first-order valence-electron chi connectivity index (χ1n) is 11.6. The Hall–Kier alpha value is -4.01. The molecule has 11 heteroatoms. The van der Waals surface area contributed by atoms with Crippen molar-refractivity contribution >= 4 is 45.6 Å². The van der Waals surface area contributed by atoms with Gasteiger partial charge in [0, 0.05) is 35.8 Å². The van der Waals surface area contributed by atoms with Crippen molar-refractivity contribution in [1.82, 2.24) is 15.2 Å². The second kappa shape index (κ2) is 10.5. The number of nitriles is 1. The molecule has 1 unspecified atom stereocenters. The standard InChI is InChI=1S/C26H23N7O2S2/c1-15-5-2-7-17(11-15)30-21(35)14-36-26-32-31-25(37-26)33-19-8-3-9-20(34)23(19)22(18(12-27)24(33)28)16-6-4-10-29-13-16/h2,4-7,10-11,13,22H,3,8-9,14,28H2,1H3,(H,30,35). The van der Waals surface area contributed by atoms with Crippen LogP contribution in [0.5, 0.6) is 0 Å². The quantitative estimate of drug-likeness (QED) is 0.448. The van der Waals surface area contributed by atoms with Gasteiger partial charge in [-0.25, -0.2) is 0 Å². The maximum Gasteiger partial charge on any atom is 0.234 e. The van der Waals surface area contributed by atoms with Crippen LogP contribution in [0, 0.1) is 18.3 Å². The maximum atomic E-state index is 13.2. The number of ketones is 1. The third-order valence-electron chi connectivity index (χ3n) is 6.15. The van der Waals surface area contributed by atoms with Gasteiger partial charge in [-0.15, -0.1) is 10.2 Å². The smallest absolute Gasteiger partial charge is 0.234 e. The molecule has 3 N–H and O–H groups in total. The van der Waals surface area contributed by atoms with E-state index in [9.17, 15) is 14.9 Å². The van der Waals surface area contributed by atoms with E-state index in [2.05, 4.69) is 26.6 Å². The number of thioether (sulfide) groups is 1.